The number of aliphatic carboxylic acids is 1. The molecule has 0 aliphatic rings. The third kappa shape index (κ3) is 4.70. The van der Waals surface area contributed by atoms with Crippen LogP contribution in [0.15, 0.2) is 10.5 Å². The van der Waals surface area contributed by atoms with Crippen molar-refractivity contribution in [1.29, 1.82) is 0 Å². The van der Waals surface area contributed by atoms with E-state index < -0.39 is 14.3 Å². The quantitative estimate of drug-likeness (QED) is 0.620. The minimum absolute atomic E-state index is 0.0932. The summed E-state index contributed by atoms with van der Waals surface area (Å²) in [7, 11) is -1.90. The van der Waals surface area contributed by atoms with Gasteiger partial charge in [0.25, 0.3) is 0 Å². The average molecular weight is 341 g/mol. The Hall–Kier alpha value is -1.07. The summed E-state index contributed by atoms with van der Waals surface area (Å²) in [5, 5.41) is 8.78. The first-order valence-corrected chi connectivity index (χ1v) is 10.7. The normalized spacial score (nSPS) is 12.6. The molecule has 0 aromatic carbocycles. The molecular weight excluding hydrogens is 308 g/mol. The number of rotatable bonds is 9. The van der Waals surface area contributed by atoms with Crippen LogP contribution in [0.2, 0.25) is 16.6 Å². The molecule has 0 aliphatic heterocycles. The molecule has 1 N–H and O–H groups in total. The number of furan rings is 1. The summed E-state index contributed by atoms with van der Waals surface area (Å²) in [5.41, 5.74) is 2.67. The first-order chi connectivity index (χ1) is 10.6. The largest absolute Gasteiger partial charge is 0.481 e. The summed E-state index contributed by atoms with van der Waals surface area (Å²) in [6.45, 7) is 16.1. The number of carboxylic acid groups (broad SMARTS) is 1. The smallest absolute Gasteiger partial charge is 0.303 e. The summed E-state index contributed by atoms with van der Waals surface area (Å²) in [6.07, 6.45) is 0.521. The van der Waals surface area contributed by atoms with Gasteiger partial charge in [-0.25, -0.2) is 0 Å². The standard InChI is InChI=1S/C18H32O4Si/c1-12(2)23(13(3)4,14(5)6)21-11-16-10-17(22-15(16)7)8-9-18(19)20/h10,12-14H,8-9,11H2,1-7H3,(H,19,20). The molecule has 0 amide bonds. The fourth-order valence-electron chi connectivity index (χ4n) is 3.79. The highest BCUT2D eigenvalue weighted by Crippen LogP contribution is 2.42. The first kappa shape index (κ1) is 20.0. The molecule has 5 heteroatoms. The van der Waals surface area contributed by atoms with Gasteiger partial charge in [0, 0.05) is 12.0 Å². The number of hydrogen-bond donors (Lipinski definition) is 1. The molecule has 0 atom stereocenters. The SMILES string of the molecule is Cc1oc(CCC(=O)O)cc1CO[Si](C(C)C)(C(C)C)C(C)C. The van der Waals surface area contributed by atoms with Crippen LogP contribution < -0.4 is 0 Å². The highest BCUT2D eigenvalue weighted by molar-refractivity contribution is 6.77. The van der Waals surface area contributed by atoms with Crippen molar-refractivity contribution in [3.05, 3.63) is 23.2 Å². The van der Waals surface area contributed by atoms with E-state index in [4.69, 9.17) is 13.9 Å². The molecule has 4 nitrogen and oxygen atoms in total. The van der Waals surface area contributed by atoms with Gasteiger partial charge in [0.05, 0.1) is 13.0 Å². The highest BCUT2D eigenvalue weighted by Gasteiger charge is 2.45. The molecule has 1 aromatic rings. The summed E-state index contributed by atoms with van der Waals surface area (Å²) >= 11 is 0. The Balaban J connectivity index is 2.88. The molecule has 23 heavy (non-hydrogen) atoms. The number of hydrogen-bond acceptors (Lipinski definition) is 3. The van der Waals surface area contributed by atoms with Crippen LogP contribution in [0.3, 0.4) is 0 Å². The third-order valence-corrected chi connectivity index (χ3v) is 10.9. The van der Waals surface area contributed by atoms with E-state index in [1.54, 1.807) is 0 Å². The van der Waals surface area contributed by atoms with E-state index in [2.05, 4.69) is 41.5 Å². The van der Waals surface area contributed by atoms with E-state index in [1.807, 2.05) is 13.0 Å². The molecule has 0 aliphatic carbocycles. The lowest BCUT2D eigenvalue weighted by Crippen LogP contribution is -2.47. The first-order valence-electron chi connectivity index (χ1n) is 8.55. The molecule has 0 spiro atoms. The van der Waals surface area contributed by atoms with Gasteiger partial charge < -0.3 is 13.9 Å². The van der Waals surface area contributed by atoms with Crippen LogP contribution >= 0.6 is 0 Å². The maximum Gasteiger partial charge on any atom is 0.303 e. The van der Waals surface area contributed by atoms with Crippen molar-refractivity contribution in [2.75, 3.05) is 0 Å². The van der Waals surface area contributed by atoms with Crippen molar-refractivity contribution in [3.63, 3.8) is 0 Å². The van der Waals surface area contributed by atoms with Gasteiger partial charge in [-0.2, -0.15) is 0 Å². The second kappa shape index (κ2) is 8.15. The Bertz CT molecular complexity index is 495. The lowest BCUT2D eigenvalue weighted by molar-refractivity contribution is -0.137. The molecule has 1 rings (SSSR count). The highest BCUT2D eigenvalue weighted by atomic mass is 28.4. The Labute approximate surface area is 141 Å². The molecule has 0 radical (unpaired) electrons. The molecule has 0 fully saturated rings. The Morgan fingerprint density at radius 2 is 1.70 bits per heavy atom. The van der Waals surface area contributed by atoms with Gasteiger partial charge in [-0.05, 0) is 29.6 Å². The molecule has 0 unspecified atom stereocenters. The van der Waals surface area contributed by atoms with Crippen molar-refractivity contribution >= 4 is 14.3 Å². The van der Waals surface area contributed by atoms with E-state index in [0.717, 1.165) is 17.1 Å². The fraction of sp³-hybridized carbons (Fsp3) is 0.722. The van der Waals surface area contributed by atoms with Crippen LogP contribution in [-0.4, -0.2) is 19.4 Å². The fourth-order valence-corrected chi connectivity index (χ4v) is 9.19. The molecule has 0 saturated carbocycles. The molecular formula is C18H32O4Si. The molecule has 0 saturated heterocycles. The van der Waals surface area contributed by atoms with Crippen LogP contribution in [0.25, 0.3) is 0 Å². The Morgan fingerprint density at radius 1 is 1.17 bits per heavy atom. The predicted octanol–water partition coefficient (Wildman–Crippen LogP) is 5.30. The van der Waals surface area contributed by atoms with E-state index >= 15 is 0 Å². The number of aryl methyl sites for hydroxylation is 2. The van der Waals surface area contributed by atoms with Gasteiger partial charge in [0.15, 0.2) is 0 Å². The molecule has 0 bridgehead atoms. The minimum atomic E-state index is -1.90. The molecule has 132 valence electrons. The summed E-state index contributed by atoms with van der Waals surface area (Å²) in [4.78, 5) is 10.7. The van der Waals surface area contributed by atoms with Gasteiger partial charge in [-0.3, -0.25) is 4.79 Å². The molecule has 1 aromatic heterocycles. The average Bonchev–Trinajstić information content (AvgIpc) is 2.76. The van der Waals surface area contributed by atoms with E-state index in [0.29, 0.717) is 29.7 Å². The monoisotopic (exact) mass is 340 g/mol. The van der Waals surface area contributed by atoms with Gasteiger partial charge >= 0.3 is 5.97 Å². The van der Waals surface area contributed by atoms with E-state index in [1.165, 1.54) is 0 Å². The Kier molecular flexibility index (Phi) is 7.08. The van der Waals surface area contributed by atoms with Crippen molar-refractivity contribution in [2.45, 2.75) is 84.5 Å². The summed E-state index contributed by atoms with van der Waals surface area (Å²) < 4.78 is 12.3. The number of carbonyl (C=O) groups is 1. The zero-order valence-corrected chi connectivity index (χ0v) is 16.6. The van der Waals surface area contributed by atoms with E-state index in [9.17, 15) is 4.79 Å². The second-order valence-corrected chi connectivity index (χ2v) is 12.8. The van der Waals surface area contributed by atoms with Gasteiger partial charge in [-0.15, -0.1) is 0 Å². The predicted molar refractivity (Wildman–Crippen MR) is 95.2 cm³/mol. The minimum Gasteiger partial charge on any atom is -0.481 e. The maximum absolute atomic E-state index is 10.7. The van der Waals surface area contributed by atoms with Gasteiger partial charge in [0.1, 0.15) is 11.5 Å². The van der Waals surface area contributed by atoms with Crippen molar-refractivity contribution in [3.8, 4) is 0 Å². The lowest BCUT2D eigenvalue weighted by Gasteiger charge is -2.42. The summed E-state index contributed by atoms with van der Waals surface area (Å²) in [5.74, 6) is 0.765. The number of carboxylic acids is 1. The van der Waals surface area contributed by atoms with Crippen LogP contribution in [-0.2, 0) is 22.2 Å². The topological polar surface area (TPSA) is 59.7 Å². The van der Waals surface area contributed by atoms with Crippen LogP contribution in [0, 0.1) is 6.92 Å². The van der Waals surface area contributed by atoms with Crippen LogP contribution in [0.4, 0.5) is 0 Å². The maximum atomic E-state index is 10.7. The van der Waals surface area contributed by atoms with Gasteiger partial charge in [-0.1, -0.05) is 41.5 Å². The zero-order chi connectivity index (χ0) is 17.8. The van der Waals surface area contributed by atoms with Crippen LogP contribution in [0.1, 0.15) is 65.0 Å². The summed E-state index contributed by atoms with van der Waals surface area (Å²) in [6, 6.07) is 1.96. The lowest BCUT2D eigenvalue weighted by atomic mass is 10.2. The van der Waals surface area contributed by atoms with Crippen molar-refractivity contribution in [1.82, 2.24) is 0 Å². The van der Waals surface area contributed by atoms with Crippen LogP contribution in [0.5, 0.6) is 0 Å². The van der Waals surface area contributed by atoms with Crippen molar-refractivity contribution in [2.24, 2.45) is 0 Å². The molecule has 1 heterocycles. The van der Waals surface area contributed by atoms with E-state index in [-0.39, 0.29) is 6.42 Å². The third-order valence-electron chi connectivity index (χ3n) is 4.84. The van der Waals surface area contributed by atoms with Crippen molar-refractivity contribution < 1.29 is 18.7 Å². The Morgan fingerprint density at radius 3 is 2.13 bits per heavy atom. The zero-order valence-electron chi connectivity index (χ0n) is 15.6. The second-order valence-electron chi connectivity index (χ2n) is 7.29. The van der Waals surface area contributed by atoms with Gasteiger partial charge in [0.2, 0.25) is 8.32 Å².